The molecule has 0 spiro atoms. The summed E-state index contributed by atoms with van der Waals surface area (Å²) in [5.74, 6) is -0.0952. The van der Waals surface area contributed by atoms with Crippen molar-refractivity contribution in [2.24, 2.45) is 0 Å². The van der Waals surface area contributed by atoms with Crippen molar-refractivity contribution in [1.29, 1.82) is 0 Å². The Bertz CT molecular complexity index is 575. The highest BCUT2D eigenvalue weighted by atomic mass is 16.1. The number of fused-ring (bicyclic) bond motifs is 1. The van der Waals surface area contributed by atoms with Gasteiger partial charge in [0, 0.05) is 11.1 Å². The minimum Gasteiger partial charge on any atom is -0.294 e. The second kappa shape index (κ2) is 4.57. The molecule has 0 unspecified atom stereocenters. The van der Waals surface area contributed by atoms with Crippen molar-refractivity contribution in [2.75, 3.05) is 0 Å². The van der Waals surface area contributed by atoms with E-state index in [2.05, 4.69) is 6.58 Å². The zero-order valence-corrected chi connectivity index (χ0v) is 10.5. The fourth-order valence-electron chi connectivity index (χ4n) is 2.36. The molecule has 0 saturated heterocycles. The van der Waals surface area contributed by atoms with Crippen molar-refractivity contribution < 1.29 is 9.59 Å². The molecule has 2 aliphatic carbocycles. The first kappa shape index (κ1) is 12.2. The maximum absolute atomic E-state index is 11.8. The minimum absolute atomic E-state index is 0.0476. The van der Waals surface area contributed by atoms with Crippen molar-refractivity contribution in [3.8, 4) is 11.1 Å². The van der Waals surface area contributed by atoms with E-state index in [9.17, 15) is 9.59 Å². The van der Waals surface area contributed by atoms with E-state index in [-0.39, 0.29) is 11.6 Å². The summed E-state index contributed by atoms with van der Waals surface area (Å²) in [6, 6.07) is 9.34. The van der Waals surface area contributed by atoms with Crippen LogP contribution in [0.15, 0.2) is 36.9 Å². The van der Waals surface area contributed by atoms with E-state index < -0.39 is 0 Å². The van der Waals surface area contributed by atoms with Crippen molar-refractivity contribution in [1.82, 2.24) is 0 Å². The summed E-state index contributed by atoms with van der Waals surface area (Å²) in [4.78, 5) is 23.6. The molecule has 90 valence electrons. The lowest BCUT2D eigenvalue weighted by molar-refractivity contribution is 0.101. The Hall–Kier alpha value is -2.22. The van der Waals surface area contributed by atoms with E-state index in [1.807, 2.05) is 30.3 Å². The number of carbonyl (C=O) groups excluding carboxylic acids is 2. The van der Waals surface area contributed by atoms with E-state index in [1.54, 1.807) is 6.08 Å². The lowest BCUT2D eigenvalue weighted by atomic mass is 10.0. The normalized spacial score (nSPS) is 10.3. The average molecular weight is 238 g/mol. The van der Waals surface area contributed by atoms with Crippen LogP contribution >= 0.6 is 0 Å². The van der Waals surface area contributed by atoms with Gasteiger partial charge in [0.1, 0.15) is 0 Å². The summed E-state index contributed by atoms with van der Waals surface area (Å²) in [7, 11) is 0. The van der Waals surface area contributed by atoms with Crippen LogP contribution in [-0.2, 0) is 0 Å². The van der Waals surface area contributed by atoms with Crippen LogP contribution in [0.25, 0.3) is 17.2 Å². The third kappa shape index (κ3) is 1.76. The number of hydrogen-bond donors (Lipinski definition) is 0. The Morgan fingerprint density at radius 1 is 0.944 bits per heavy atom. The third-order valence-corrected chi connectivity index (χ3v) is 3.02. The summed E-state index contributed by atoms with van der Waals surface area (Å²) in [6.45, 7) is 6.75. The lowest BCUT2D eigenvalue weighted by Gasteiger charge is -1.97. The highest BCUT2D eigenvalue weighted by Crippen LogP contribution is 2.37. The number of ketones is 2. The van der Waals surface area contributed by atoms with Crippen molar-refractivity contribution in [3.05, 3.63) is 53.6 Å². The van der Waals surface area contributed by atoms with Gasteiger partial charge in [-0.25, -0.2) is 0 Å². The Morgan fingerprint density at radius 3 is 1.72 bits per heavy atom. The van der Waals surface area contributed by atoms with Gasteiger partial charge in [0.15, 0.2) is 11.6 Å². The van der Waals surface area contributed by atoms with E-state index in [0.29, 0.717) is 16.7 Å². The lowest BCUT2D eigenvalue weighted by Crippen LogP contribution is -1.96. The van der Waals surface area contributed by atoms with E-state index >= 15 is 0 Å². The number of Topliss-reactive ketones (excluding diaryl/α,β-unsaturated/α-hetero) is 2. The Labute approximate surface area is 106 Å². The van der Waals surface area contributed by atoms with E-state index in [4.69, 9.17) is 0 Å². The Balaban J connectivity index is 2.98. The first-order valence-corrected chi connectivity index (χ1v) is 5.77. The largest absolute Gasteiger partial charge is 0.294 e. The second-order valence-electron chi connectivity index (χ2n) is 4.22. The molecular formula is C16H14O2. The van der Waals surface area contributed by atoms with Gasteiger partial charge in [0.2, 0.25) is 0 Å². The zero-order chi connectivity index (χ0) is 13.3. The minimum atomic E-state index is -0.0476. The van der Waals surface area contributed by atoms with Gasteiger partial charge in [-0.1, -0.05) is 43.0 Å². The van der Waals surface area contributed by atoms with Crippen LogP contribution in [0.2, 0.25) is 0 Å². The van der Waals surface area contributed by atoms with Gasteiger partial charge in [-0.05, 0) is 30.5 Å². The summed E-state index contributed by atoms with van der Waals surface area (Å²) in [5.41, 5.74) is 3.44. The maximum atomic E-state index is 11.8. The molecule has 0 aliphatic heterocycles. The molecule has 0 aromatic heterocycles. The van der Waals surface area contributed by atoms with Gasteiger partial charge < -0.3 is 0 Å². The predicted molar refractivity (Wildman–Crippen MR) is 73.2 cm³/mol. The molecule has 0 atom stereocenters. The highest BCUT2D eigenvalue weighted by Gasteiger charge is 2.25. The average Bonchev–Trinajstić information content (AvgIpc) is 2.44. The van der Waals surface area contributed by atoms with Gasteiger partial charge in [-0.3, -0.25) is 9.59 Å². The third-order valence-electron chi connectivity index (χ3n) is 3.02. The monoisotopic (exact) mass is 238 g/mol. The summed E-state index contributed by atoms with van der Waals surface area (Å²) >= 11 is 0. The first-order chi connectivity index (χ1) is 8.57. The molecular weight excluding hydrogens is 224 g/mol. The van der Waals surface area contributed by atoms with Gasteiger partial charge in [-0.2, -0.15) is 0 Å². The van der Waals surface area contributed by atoms with Gasteiger partial charge in [-0.15, -0.1) is 0 Å². The summed E-state index contributed by atoms with van der Waals surface area (Å²) in [5, 5.41) is 0. The predicted octanol–water partition coefficient (Wildman–Crippen LogP) is 3.84. The van der Waals surface area contributed by atoms with Crippen LogP contribution in [-0.4, -0.2) is 11.6 Å². The van der Waals surface area contributed by atoms with Crippen LogP contribution in [0.5, 0.6) is 0 Å². The smallest absolute Gasteiger partial charge is 0.161 e. The molecule has 0 saturated carbocycles. The Morgan fingerprint density at radius 2 is 1.39 bits per heavy atom. The van der Waals surface area contributed by atoms with Crippen LogP contribution in [0.3, 0.4) is 0 Å². The molecule has 0 radical (unpaired) electrons. The molecule has 0 amide bonds. The molecule has 2 nitrogen and oxygen atoms in total. The zero-order valence-electron chi connectivity index (χ0n) is 10.5. The van der Waals surface area contributed by atoms with E-state index in [1.165, 1.54) is 13.8 Å². The van der Waals surface area contributed by atoms with Crippen molar-refractivity contribution in [2.45, 2.75) is 13.8 Å². The molecule has 0 bridgehead atoms. The van der Waals surface area contributed by atoms with Gasteiger partial charge in [0.05, 0.1) is 0 Å². The van der Waals surface area contributed by atoms with Crippen molar-refractivity contribution in [3.63, 3.8) is 0 Å². The van der Waals surface area contributed by atoms with Gasteiger partial charge >= 0.3 is 0 Å². The van der Waals surface area contributed by atoms with Crippen LogP contribution < -0.4 is 0 Å². The van der Waals surface area contributed by atoms with Crippen LogP contribution in [0.1, 0.15) is 40.1 Å². The quantitative estimate of drug-likeness (QED) is 0.761. The molecule has 0 fully saturated rings. The first-order valence-electron chi connectivity index (χ1n) is 5.77. The molecule has 2 rings (SSSR count). The van der Waals surface area contributed by atoms with Gasteiger partial charge in [0.25, 0.3) is 0 Å². The second-order valence-corrected chi connectivity index (χ2v) is 4.22. The summed E-state index contributed by atoms with van der Waals surface area (Å²) in [6.07, 6.45) is 1.59. The van der Waals surface area contributed by atoms with Crippen LogP contribution in [0, 0.1) is 0 Å². The fraction of sp³-hybridized carbons (Fsp3) is 0.125. The molecule has 2 aliphatic rings. The molecule has 2 heteroatoms. The van der Waals surface area contributed by atoms with E-state index in [0.717, 1.165) is 11.1 Å². The topological polar surface area (TPSA) is 34.1 Å². The standard InChI is InChI=1S/C16H14O2/c1-4-12-15(10(2)17)13-8-6-5-7-9-14(13)16(12)11(3)18/h4-9H,1H2,2-3H3. The molecule has 0 heterocycles. The molecule has 0 N–H and O–H groups in total. The number of hydrogen-bond acceptors (Lipinski definition) is 2. The molecule has 18 heavy (non-hydrogen) atoms. The SMILES string of the molecule is C=Cc1c(C(C)=O)c2cccccc-2c1C(C)=O. The maximum Gasteiger partial charge on any atom is 0.161 e. The molecule has 0 aromatic carbocycles. The summed E-state index contributed by atoms with van der Waals surface area (Å²) < 4.78 is 0. The fourth-order valence-corrected chi connectivity index (χ4v) is 2.36. The molecule has 0 aromatic rings. The van der Waals surface area contributed by atoms with Crippen molar-refractivity contribution >= 4 is 17.6 Å². The van der Waals surface area contributed by atoms with Crippen LogP contribution in [0.4, 0.5) is 0 Å². The number of rotatable bonds is 3. The highest BCUT2D eigenvalue weighted by molar-refractivity contribution is 6.15. The number of carbonyl (C=O) groups is 2. The Kier molecular flexibility index (Phi) is 3.11.